The van der Waals surface area contributed by atoms with Crippen LogP contribution in [-0.2, 0) is 16.6 Å². The molecule has 1 heterocycles. The Morgan fingerprint density at radius 2 is 2.24 bits per heavy atom. The van der Waals surface area contributed by atoms with Crippen LogP contribution < -0.4 is 5.73 Å². The van der Waals surface area contributed by atoms with Crippen LogP contribution in [0.1, 0.15) is 10.4 Å². The third kappa shape index (κ3) is 2.97. The molecule has 90 valence electrons. The van der Waals surface area contributed by atoms with Gasteiger partial charge >= 0.3 is 0 Å². The van der Waals surface area contributed by atoms with E-state index < -0.39 is 10.8 Å². The molecule has 1 atom stereocenters. The Bertz CT molecular complexity index is 565. The van der Waals surface area contributed by atoms with Crippen molar-refractivity contribution in [3.63, 3.8) is 0 Å². The van der Waals surface area contributed by atoms with Gasteiger partial charge in [-0.2, -0.15) is 0 Å². The molecule has 2 N–H and O–H groups in total. The Kier molecular flexibility index (Phi) is 4.01. The lowest BCUT2D eigenvalue weighted by molar-refractivity contribution is 0.682. The minimum atomic E-state index is -1.03. The fraction of sp³-hybridized carbons (Fsp3) is 0.167. The molecule has 0 amide bonds. The molecule has 2 aromatic rings. The Balaban J connectivity index is 2.23. The maximum atomic E-state index is 12.2. The van der Waals surface area contributed by atoms with Gasteiger partial charge in [0.25, 0.3) is 0 Å². The first-order chi connectivity index (χ1) is 8.08. The van der Waals surface area contributed by atoms with Crippen LogP contribution in [0, 0.1) is 6.92 Å². The zero-order valence-electron chi connectivity index (χ0n) is 9.27. The molecule has 5 heteroatoms. The molecule has 2 nitrogen and oxygen atoms in total. The topological polar surface area (TPSA) is 43.1 Å². The minimum Gasteiger partial charge on any atom is -0.398 e. The van der Waals surface area contributed by atoms with Crippen LogP contribution in [-0.4, -0.2) is 4.21 Å². The molecule has 0 saturated carbocycles. The van der Waals surface area contributed by atoms with Crippen LogP contribution in [0.3, 0.4) is 0 Å². The number of hydrogen-bond acceptors (Lipinski definition) is 3. The van der Waals surface area contributed by atoms with Crippen molar-refractivity contribution in [2.75, 3.05) is 5.73 Å². The average molecular weight is 330 g/mol. The first kappa shape index (κ1) is 12.8. The van der Waals surface area contributed by atoms with Crippen molar-refractivity contribution in [2.24, 2.45) is 0 Å². The van der Waals surface area contributed by atoms with Crippen molar-refractivity contribution >= 4 is 43.8 Å². The van der Waals surface area contributed by atoms with Crippen LogP contribution in [0.5, 0.6) is 0 Å². The fourth-order valence-corrected chi connectivity index (χ4v) is 4.53. The molecule has 0 saturated heterocycles. The number of nitrogen functional groups attached to an aromatic ring is 1. The third-order valence-electron chi connectivity index (χ3n) is 2.47. The second kappa shape index (κ2) is 5.33. The molecule has 0 aliphatic heterocycles. The summed E-state index contributed by atoms with van der Waals surface area (Å²) in [5.41, 5.74) is 7.43. The second-order valence-electron chi connectivity index (χ2n) is 3.69. The Morgan fingerprint density at radius 1 is 1.47 bits per heavy atom. The molecule has 2 rings (SSSR count). The number of rotatable bonds is 3. The Hall–Kier alpha value is -0.650. The highest BCUT2D eigenvalue weighted by Gasteiger charge is 2.10. The van der Waals surface area contributed by atoms with E-state index in [-0.39, 0.29) is 0 Å². The molecular formula is C12H12BrNOS2. The fourth-order valence-electron chi connectivity index (χ4n) is 1.51. The zero-order chi connectivity index (χ0) is 12.4. The molecule has 1 unspecified atom stereocenters. The second-order valence-corrected chi connectivity index (χ2v) is 7.02. The molecule has 0 spiro atoms. The number of nitrogens with two attached hydrogens (primary N) is 1. The monoisotopic (exact) mass is 329 g/mol. The van der Waals surface area contributed by atoms with E-state index in [1.54, 1.807) is 11.3 Å². The standard InChI is InChI=1S/C12H12BrNOS2/c1-8-11(14)3-2-4-12(8)17(15)7-10-5-9(13)6-16-10/h2-6H,7,14H2,1H3. The number of anilines is 1. The average Bonchev–Trinajstić information content (AvgIpc) is 2.68. The van der Waals surface area contributed by atoms with E-state index in [1.807, 2.05) is 36.6 Å². The van der Waals surface area contributed by atoms with Gasteiger partial charge in [-0.25, -0.2) is 0 Å². The highest BCUT2D eigenvalue weighted by molar-refractivity contribution is 9.10. The third-order valence-corrected chi connectivity index (χ3v) is 5.85. The van der Waals surface area contributed by atoms with E-state index in [4.69, 9.17) is 5.73 Å². The molecule has 17 heavy (non-hydrogen) atoms. The van der Waals surface area contributed by atoms with Gasteiger partial charge in [0.05, 0.1) is 16.6 Å². The molecule has 1 aromatic heterocycles. The van der Waals surface area contributed by atoms with E-state index >= 15 is 0 Å². The highest BCUT2D eigenvalue weighted by Crippen LogP contribution is 2.25. The lowest BCUT2D eigenvalue weighted by atomic mass is 10.2. The highest BCUT2D eigenvalue weighted by atomic mass is 79.9. The van der Waals surface area contributed by atoms with Crippen molar-refractivity contribution in [1.29, 1.82) is 0 Å². The summed E-state index contributed by atoms with van der Waals surface area (Å²) in [5, 5.41) is 2.00. The maximum Gasteiger partial charge on any atom is 0.0627 e. The van der Waals surface area contributed by atoms with Gasteiger partial charge in [0, 0.05) is 25.3 Å². The number of benzene rings is 1. The van der Waals surface area contributed by atoms with Crippen molar-refractivity contribution in [1.82, 2.24) is 0 Å². The van der Waals surface area contributed by atoms with Crippen molar-refractivity contribution in [3.05, 3.63) is 44.6 Å². The predicted octanol–water partition coefficient (Wildman–Crippen LogP) is 3.71. The number of halogens is 1. The summed E-state index contributed by atoms with van der Waals surface area (Å²) in [6.07, 6.45) is 0. The quantitative estimate of drug-likeness (QED) is 0.872. The van der Waals surface area contributed by atoms with Crippen molar-refractivity contribution in [3.8, 4) is 0 Å². The van der Waals surface area contributed by atoms with E-state index in [0.717, 1.165) is 19.8 Å². The summed E-state index contributed by atoms with van der Waals surface area (Å²) >= 11 is 5.01. The van der Waals surface area contributed by atoms with E-state index in [2.05, 4.69) is 15.9 Å². The Morgan fingerprint density at radius 3 is 2.88 bits per heavy atom. The summed E-state index contributed by atoms with van der Waals surface area (Å²) in [7, 11) is -1.03. The predicted molar refractivity (Wildman–Crippen MR) is 77.7 cm³/mol. The van der Waals surface area contributed by atoms with Crippen molar-refractivity contribution < 1.29 is 4.21 Å². The number of thiophene rings is 1. The molecule has 0 aliphatic carbocycles. The van der Waals surface area contributed by atoms with Gasteiger partial charge in [-0.3, -0.25) is 4.21 Å². The summed E-state index contributed by atoms with van der Waals surface area (Å²) in [5.74, 6) is 0.542. The summed E-state index contributed by atoms with van der Waals surface area (Å²) in [6, 6.07) is 7.56. The lowest BCUT2D eigenvalue weighted by Gasteiger charge is -2.07. The van der Waals surface area contributed by atoms with E-state index in [9.17, 15) is 4.21 Å². The minimum absolute atomic E-state index is 0.542. The normalized spacial score (nSPS) is 12.6. The number of hydrogen-bond donors (Lipinski definition) is 1. The van der Waals surface area contributed by atoms with E-state index in [1.165, 1.54) is 0 Å². The van der Waals surface area contributed by atoms with Crippen molar-refractivity contribution in [2.45, 2.75) is 17.6 Å². The smallest absolute Gasteiger partial charge is 0.0627 e. The lowest BCUT2D eigenvalue weighted by Crippen LogP contribution is -2.00. The SMILES string of the molecule is Cc1c(N)cccc1S(=O)Cc1cc(Br)cs1. The largest absolute Gasteiger partial charge is 0.398 e. The summed E-state index contributed by atoms with van der Waals surface area (Å²) in [6.45, 7) is 1.91. The van der Waals surface area contributed by atoms with Gasteiger partial charge in [-0.15, -0.1) is 11.3 Å². The van der Waals surface area contributed by atoms with E-state index in [0.29, 0.717) is 11.4 Å². The summed E-state index contributed by atoms with van der Waals surface area (Å²) in [4.78, 5) is 1.94. The van der Waals surface area contributed by atoms with Crippen LogP contribution in [0.4, 0.5) is 5.69 Å². The van der Waals surface area contributed by atoms with Gasteiger partial charge in [0.2, 0.25) is 0 Å². The van der Waals surface area contributed by atoms with Gasteiger partial charge < -0.3 is 5.73 Å². The van der Waals surface area contributed by atoms with Crippen LogP contribution in [0.15, 0.2) is 39.0 Å². The van der Waals surface area contributed by atoms with Gasteiger partial charge in [0.15, 0.2) is 0 Å². The van der Waals surface area contributed by atoms with Crippen LogP contribution in [0.2, 0.25) is 0 Å². The van der Waals surface area contributed by atoms with Gasteiger partial charge in [-0.05, 0) is 46.6 Å². The first-order valence-corrected chi connectivity index (χ1v) is 8.03. The molecular weight excluding hydrogens is 318 g/mol. The summed E-state index contributed by atoms with van der Waals surface area (Å²) < 4.78 is 13.3. The molecule has 0 fully saturated rings. The molecule has 1 aromatic carbocycles. The van der Waals surface area contributed by atoms with Gasteiger partial charge in [0.1, 0.15) is 0 Å². The Labute approximate surface area is 115 Å². The zero-order valence-corrected chi connectivity index (χ0v) is 12.5. The molecule has 0 bridgehead atoms. The molecule has 0 aliphatic rings. The van der Waals surface area contributed by atoms with Gasteiger partial charge in [-0.1, -0.05) is 6.07 Å². The molecule has 0 radical (unpaired) electrons. The van der Waals surface area contributed by atoms with Crippen LogP contribution >= 0.6 is 27.3 Å². The first-order valence-electron chi connectivity index (χ1n) is 5.04. The maximum absolute atomic E-state index is 12.2. The van der Waals surface area contributed by atoms with Crippen LogP contribution in [0.25, 0.3) is 0 Å².